The lowest BCUT2D eigenvalue weighted by molar-refractivity contribution is 0.593. The van der Waals surface area contributed by atoms with Crippen LogP contribution in [-0.2, 0) is 10.0 Å². The first kappa shape index (κ1) is 8.73. The summed E-state index contributed by atoms with van der Waals surface area (Å²) in [5.41, 5.74) is 0. The van der Waals surface area contributed by atoms with Crippen LogP contribution >= 0.6 is 0 Å². The fourth-order valence-corrected chi connectivity index (χ4v) is 1.49. The Morgan fingerprint density at radius 2 is 1.83 bits per heavy atom. The minimum absolute atomic E-state index is 0.129. The van der Waals surface area contributed by atoms with Crippen molar-refractivity contribution in [2.75, 3.05) is 0 Å². The van der Waals surface area contributed by atoms with E-state index in [0.717, 1.165) is 0 Å². The third-order valence-electron chi connectivity index (χ3n) is 1.24. The molecule has 0 saturated heterocycles. The highest BCUT2D eigenvalue weighted by Crippen LogP contribution is 2.05. The van der Waals surface area contributed by atoms with E-state index in [1.165, 1.54) is 12.1 Å². The molecule has 0 spiro atoms. The summed E-state index contributed by atoms with van der Waals surface area (Å²) in [5.74, 6) is 0. The number of sulfonamides is 1. The van der Waals surface area contributed by atoms with Crippen molar-refractivity contribution in [3.8, 4) is 0 Å². The van der Waals surface area contributed by atoms with Gasteiger partial charge in [-0.05, 0) is 12.1 Å². The number of nitrogens with one attached hydrogen (secondary N) is 2. The lowest BCUT2D eigenvalue weighted by atomic mass is 10.4. The van der Waals surface area contributed by atoms with Crippen molar-refractivity contribution in [1.82, 2.24) is 4.72 Å². The first-order valence-electron chi connectivity index (χ1n) is 3.15. The second kappa shape index (κ2) is 3.36. The number of hydrogen-bond donors (Lipinski definition) is 2. The molecule has 0 aliphatic carbocycles. The molecule has 4 nitrogen and oxygen atoms in total. The van der Waals surface area contributed by atoms with Gasteiger partial charge < -0.3 is 0 Å². The Balaban J connectivity index is 3.07. The summed E-state index contributed by atoms with van der Waals surface area (Å²) < 4.78 is 24.1. The van der Waals surface area contributed by atoms with Crippen LogP contribution in [0, 0.1) is 5.41 Å². The zero-order valence-corrected chi connectivity index (χ0v) is 6.93. The maximum absolute atomic E-state index is 11.1. The summed E-state index contributed by atoms with van der Waals surface area (Å²) in [6.45, 7) is 0. The van der Waals surface area contributed by atoms with Gasteiger partial charge in [0.15, 0.2) is 6.34 Å². The summed E-state index contributed by atoms with van der Waals surface area (Å²) in [4.78, 5) is 0.129. The standard InChI is InChI=1S/C7H7N2O2S/c8-6-9-12(10,11)7-4-2-1-3-5-7/h1-5H,(H2,8,9). The summed E-state index contributed by atoms with van der Waals surface area (Å²) in [7, 11) is -3.56. The first-order chi connectivity index (χ1) is 5.67. The molecule has 1 rings (SSSR count). The van der Waals surface area contributed by atoms with E-state index in [1.807, 2.05) is 4.72 Å². The fourth-order valence-electron chi connectivity index (χ4n) is 0.726. The molecule has 0 saturated carbocycles. The third kappa shape index (κ3) is 1.82. The zero-order valence-electron chi connectivity index (χ0n) is 6.11. The predicted octanol–water partition coefficient (Wildman–Crippen LogP) is 0.449. The quantitative estimate of drug-likeness (QED) is 0.406. The van der Waals surface area contributed by atoms with E-state index in [0.29, 0.717) is 0 Å². The number of rotatable bonds is 3. The van der Waals surface area contributed by atoms with Crippen molar-refractivity contribution in [3.63, 3.8) is 0 Å². The Hall–Kier alpha value is -1.36. The Bertz CT molecular complexity index is 358. The molecular weight excluding hydrogens is 176 g/mol. The van der Waals surface area contributed by atoms with Gasteiger partial charge >= 0.3 is 0 Å². The molecule has 1 aromatic carbocycles. The lowest BCUT2D eigenvalue weighted by Gasteiger charge is -2.00. The lowest BCUT2D eigenvalue weighted by Crippen LogP contribution is -2.21. The van der Waals surface area contributed by atoms with E-state index in [1.54, 1.807) is 24.5 Å². The molecule has 0 heterocycles. The molecule has 0 atom stereocenters. The summed E-state index contributed by atoms with van der Waals surface area (Å²) in [5, 5.41) is 6.47. The van der Waals surface area contributed by atoms with Gasteiger partial charge in [0.2, 0.25) is 0 Å². The minimum Gasteiger partial charge on any atom is -0.281 e. The molecule has 0 aromatic heterocycles. The van der Waals surface area contributed by atoms with Crippen LogP contribution in [0.4, 0.5) is 0 Å². The van der Waals surface area contributed by atoms with Gasteiger partial charge in [0.1, 0.15) is 0 Å². The molecule has 5 heteroatoms. The molecule has 0 bridgehead atoms. The second-order valence-corrected chi connectivity index (χ2v) is 3.73. The Kier molecular flexibility index (Phi) is 2.44. The highest BCUT2D eigenvalue weighted by molar-refractivity contribution is 7.90. The molecule has 0 amide bonds. The van der Waals surface area contributed by atoms with E-state index in [9.17, 15) is 8.42 Å². The van der Waals surface area contributed by atoms with Crippen LogP contribution < -0.4 is 4.72 Å². The van der Waals surface area contributed by atoms with E-state index < -0.39 is 10.0 Å². The molecule has 1 aromatic rings. The topological polar surface area (TPSA) is 70.0 Å². The third-order valence-corrected chi connectivity index (χ3v) is 2.50. The average Bonchev–Trinajstić information content (AvgIpc) is 2.06. The van der Waals surface area contributed by atoms with E-state index >= 15 is 0 Å². The van der Waals surface area contributed by atoms with Crippen molar-refractivity contribution >= 4 is 16.4 Å². The molecular formula is C7H7N2O2S. The van der Waals surface area contributed by atoms with E-state index in [4.69, 9.17) is 5.41 Å². The maximum Gasteiger partial charge on any atom is 0.263 e. The van der Waals surface area contributed by atoms with Gasteiger partial charge in [0.25, 0.3) is 10.0 Å². The first-order valence-corrected chi connectivity index (χ1v) is 4.64. The smallest absolute Gasteiger partial charge is 0.263 e. The summed E-state index contributed by atoms with van der Waals surface area (Å²) >= 11 is 0. The molecule has 63 valence electrons. The minimum atomic E-state index is -3.56. The highest BCUT2D eigenvalue weighted by Gasteiger charge is 2.09. The van der Waals surface area contributed by atoms with Gasteiger partial charge in [-0.1, -0.05) is 18.2 Å². The van der Waals surface area contributed by atoms with Gasteiger partial charge in [-0.2, -0.15) is 0 Å². The van der Waals surface area contributed by atoms with Crippen molar-refractivity contribution in [2.45, 2.75) is 4.90 Å². The van der Waals surface area contributed by atoms with Crippen LogP contribution in [0.2, 0.25) is 0 Å². The molecule has 1 radical (unpaired) electrons. The normalized spacial score (nSPS) is 10.7. The van der Waals surface area contributed by atoms with Gasteiger partial charge in [0.05, 0.1) is 4.90 Å². The predicted molar refractivity (Wildman–Crippen MR) is 44.5 cm³/mol. The van der Waals surface area contributed by atoms with Crippen LogP contribution in [0.1, 0.15) is 0 Å². The number of benzene rings is 1. The van der Waals surface area contributed by atoms with Crippen molar-refractivity contribution < 1.29 is 8.42 Å². The molecule has 0 fully saturated rings. The van der Waals surface area contributed by atoms with Gasteiger partial charge in [0, 0.05) is 0 Å². The van der Waals surface area contributed by atoms with Gasteiger partial charge in [-0.3, -0.25) is 10.1 Å². The molecule has 0 aliphatic rings. The number of hydrogen-bond acceptors (Lipinski definition) is 3. The van der Waals surface area contributed by atoms with Crippen LogP contribution in [0.25, 0.3) is 0 Å². The Morgan fingerprint density at radius 3 is 2.33 bits per heavy atom. The fraction of sp³-hybridized carbons (Fsp3) is 0. The van der Waals surface area contributed by atoms with Crippen LogP contribution in [-0.4, -0.2) is 14.8 Å². The summed E-state index contributed by atoms with van der Waals surface area (Å²) in [6, 6.07) is 7.82. The average molecular weight is 183 g/mol. The van der Waals surface area contributed by atoms with E-state index in [2.05, 4.69) is 0 Å². The van der Waals surface area contributed by atoms with Gasteiger partial charge in [-0.25, -0.2) is 8.42 Å². The molecule has 0 aliphatic heterocycles. The molecule has 2 N–H and O–H groups in total. The highest BCUT2D eigenvalue weighted by atomic mass is 32.2. The van der Waals surface area contributed by atoms with Crippen molar-refractivity contribution in [2.24, 2.45) is 0 Å². The van der Waals surface area contributed by atoms with Gasteiger partial charge in [-0.15, -0.1) is 0 Å². The second-order valence-electron chi connectivity index (χ2n) is 2.04. The van der Waals surface area contributed by atoms with Crippen LogP contribution in [0.3, 0.4) is 0 Å². The van der Waals surface area contributed by atoms with Crippen molar-refractivity contribution in [3.05, 3.63) is 30.3 Å². The zero-order chi connectivity index (χ0) is 9.03. The Labute approximate surface area is 70.8 Å². The monoisotopic (exact) mass is 183 g/mol. The SMILES string of the molecule is N=[C]NS(=O)(=O)c1ccccc1. The van der Waals surface area contributed by atoms with Crippen molar-refractivity contribution in [1.29, 1.82) is 5.41 Å². The Morgan fingerprint density at radius 1 is 1.25 bits per heavy atom. The molecule has 0 unspecified atom stereocenters. The van der Waals surface area contributed by atoms with E-state index in [-0.39, 0.29) is 4.90 Å². The molecule has 12 heavy (non-hydrogen) atoms. The summed E-state index contributed by atoms with van der Waals surface area (Å²) in [6.07, 6.45) is 1.62. The largest absolute Gasteiger partial charge is 0.281 e. The van der Waals surface area contributed by atoms with Crippen LogP contribution in [0.5, 0.6) is 0 Å². The maximum atomic E-state index is 11.1. The van der Waals surface area contributed by atoms with Crippen LogP contribution in [0.15, 0.2) is 35.2 Å².